The Bertz CT molecular complexity index is 1120. The van der Waals surface area contributed by atoms with Gasteiger partial charge in [-0.05, 0) is 47.4 Å². The Labute approximate surface area is 222 Å². The van der Waals surface area contributed by atoms with Crippen molar-refractivity contribution in [2.24, 2.45) is 0 Å². The fourth-order valence-corrected chi connectivity index (χ4v) is 5.17. The zero-order chi connectivity index (χ0) is 26.0. The molecule has 1 atom stereocenters. The van der Waals surface area contributed by atoms with E-state index in [9.17, 15) is 9.59 Å². The molecule has 0 spiro atoms. The van der Waals surface area contributed by atoms with Gasteiger partial charge < -0.3 is 10.2 Å². The van der Waals surface area contributed by atoms with Crippen LogP contribution < -0.4 is 5.32 Å². The molecule has 0 aliphatic heterocycles. The van der Waals surface area contributed by atoms with Gasteiger partial charge in [-0.1, -0.05) is 112 Å². The molecule has 4 rings (SSSR count). The molecule has 194 valence electrons. The molecule has 0 unspecified atom stereocenters. The Morgan fingerprint density at radius 3 is 2.00 bits per heavy atom. The van der Waals surface area contributed by atoms with Crippen LogP contribution in [0.25, 0.3) is 0 Å². The second-order valence-electron chi connectivity index (χ2n) is 10.6. The molecule has 4 heteroatoms. The van der Waals surface area contributed by atoms with Crippen LogP contribution in [0, 0.1) is 0 Å². The van der Waals surface area contributed by atoms with Gasteiger partial charge in [-0.25, -0.2) is 0 Å². The van der Waals surface area contributed by atoms with Gasteiger partial charge in [0.25, 0.3) is 0 Å². The monoisotopic (exact) mass is 496 g/mol. The molecule has 1 fully saturated rings. The molecule has 2 amide bonds. The fourth-order valence-electron chi connectivity index (χ4n) is 5.17. The minimum absolute atomic E-state index is 0.0132. The van der Waals surface area contributed by atoms with Gasteiger partial charge in [0, 0.05) is 25.4 Å². The lowest BCUT2D eigenvalue weighted by Gasteiger charge is -2.32. The van der Waals surface area contributed by atoms with E-state index in [1.54, 1.807) is 0 Å². The van der Waals surface area contributed by atoms with Crippen LogP contribution >= 0.6 is 0 Å². The molecular formula is C33H40N2O2. The van der Waals surface area contributed by atoms with Crippen LogP contribution in [0.5, 0.6) is 0 Å². The van der Waals surface area contributed by atoms with Crippen LogP contribution in [0.4, 0.5) is 0 Å². The van der Waals surface area contributed by atoms with Crippen molar-refractivity contribution in [3.8, 4) is 0 Å². The van der Waals surface area contributed by atoms with E-state index in [1.165, 1.54) is 5.56 Å². The summed E-state index contributed by atoms with van der Waals surface area (Å²) in [6, 6.07) is 28.2. The van der Waals surface area contributed by atoms with Gasteiger partial charge >= 0.3 is 0 Å². The van der Waals surface area contributed by atoms with Gasteiger partial charge in [0.1, 0.15) is 6.04 Å². The predicted molar refractivity (Wildman–Crippen MR) is 150 cm³/mol. The van der Waals surface area contributed by atoms with Crippen molar-refractivity contribution < 1.29 is 9.59 Å². The first-order valence-electron chi connectivity index (χ1n) is 13.8. The third kappa shape index (κ3) is 7.79. The summed E-state index contributed by atoms with van der Waals surface area (Å²) in [7, 11) is 0. The lowest BCUT2D eigenvalue weighted by atomic mass is 9.99. The smallest absolute Gasteiger partial charge is 0.243 e. The lowest BCUT2D eigenvalue weighted by molar-refractivity contribution is -0.141. The largest absolute Gasteiger partial charge is 0.352 e. The fraction of sp³-hybridized carbons (Fsp3) is 0.394. The van der Waals surface area contributed by atoms with Crippen molar-refractivity contribution in [2.75, 3.05) is 0 Å². The number of nitrogens with zero attached hydrogens (tertiary/aromatic N) is 1. The topological polar surface area (TPSA) is 49.4 Å². The summed E-state index contributed by atoms with van der Waals surface area (Å²) in [5.41, 5.74) is 4.53. The molecule has 0 aromatic heterocycles. The molecule has 4 nitrogen and oxygen atoms in total. The van der Waals surface area contributed by atoms with Crippen LogP contribution in [0.2, 0.25) is 0 Å². The standard InChI is InChI=1S/C33H40N2O2/c1-25(2)29-20-17-26(18-21-29)19-22-32(36)35(24-28-13-7-4-8-14-28)31(23-27-11-5-3-6-12-27)33(37)34-30-15-9-10-16-30/h3-8,11-14,17-18,20-21,25,30-31H,9-10,15-16,19,22-24H2,1-2H3,(H,34,37)/t31-/m1/s1. The average molecular weight is 497 g/mol. The summed E-state index contributed by atoms with van der Waals surface area (Å²) >= 11 is 0. The Morgan fingerprint density at radius 2 is 1.41 bits per heavy atom. The number of rotatable bonds is 11. The summed E-state index contributed by atoms with van der Waals surface area (Å²) in [4.78, 5) is 29.3. The predicted octanol–water partition coefficient (Wildman–Crippen LogP) is 6.44. The molecule has 1 aliphatic rings. The maximum absolute atomic E-state index is 13.8. The summed E-state index contributed by atoms with van der Waals surface area (Å²) in [6.07, 6.45) is 5.86. The Balaban J connectivity index is 1.56. The van der Waals surface area contributed by atoms with Gasteiger partial charge in [0.05, 0.1) is 0 Å². The van der Waals surface area contributed by atoms with Crippen molar-refractivity contribution in [3.63, 3.8) is 0 Å². The number of hydrogen-bond acceptors (Lipinski definition) is 2. The number of amides is 2. The van der Waals surface area contributed by atoms with E-state index in [0.29, 0.717) is 31.7 Å². The molecule has 37 heavy (non-hydrogen) atoms. The molecule has 3 aromatic rings. The van der Waals surface area contributed by atoms with E-state index in [0.717, 1.165) is 42.4 Å². The number of carbonyl (C=O) groups excluding carboxylic acids is 2. The molecule has 1 saturated carbocycles. The number of aryl methyl sites for hydroxylation is 1. The molecule has 1 N–H and O–H groups in total. The van der Waals surface area contributed by atoms with Crippen LogP contribution in [0.15, 0.2) is 84.9 Å². The first-order chi connectivity index (χ1) is 18.0. The Hall–Kier alpha value is -3.40. The first-order valence-corrected chi connectivity index (χ1v) is 13.8. The van der Waals surface area contributed by atoms with E-state index in [4.69, 9.17) is 0 Å². The number of benzene rings is 3. The molecule has 0 heterocycles. The summed E-state index contributed by atoms with van der Waals surface area (Å²) < 4.78 is 0. The molecule has 1 aliphatic carbocycles. The summed E-state index contributed by atoms with van der Waals surface area (Å²) in [5, 5.41) is 3.28. The van der Waals surface area contributed by atoms with Crippen LogP contribution in [0.1, 0.15) is 74.1 Å². The average Bonchev–Trinajstić information content (AvgIpc) is 3.43. The molecule has 0 bridgehead atoms. The third-order valence-corrected chi connectivity index (χ3v) is 7.44. The molecular weight excluding hydrogens is 456 g/mol. The van der Waals surface area contributed by atoms with Gasteiger partial charge in [0.2, 0.25) is 11.8 Å². The highest BCUT2D eigenvalue weighted by atomic mass is 16.2. The van der Waals surface area contributed by atoms with Gasteiger partial charge in [-0.2, -0.15) is 0 Å². The maximum Gasteiger partial charge on any atom is 0.243 e. The van der Waals surface area contributed by atoms with Crippen molar-refractivity contribution >= 4 is 11.8 Å². The normalized spacial score (nSPS) is 14.5. The van der Waals surface area contributed by atoms with Crippen LogP contribution in [-0.4, -0.2) is 28.8 Å². The maximum atomic E-state index is 13.8. The minimum Gasteiger partial charge on any atom is -0.352 e. The van der Waals surface area contributed by atoms with E-state index in [-0.39, 0.29) is 17.9 Å². The third-order valence-electron chi connectivity index (χ3n) is 7.44. The molecule has 3 aromatic carbocycles. The quantitative estimate of drug-likeness (QED) is 0.332. The zero-order valence-corrected chi connectivity index (χ0v) is 22.2. The Morgan fingerprint density at radius 1 is 0.811 bits per heavy atom. The Kier molecular flexibility index (Phi) is 9.53. The van der Waals surface area contributed by atoms with Gasteiger partial charge in [-0.15, -0.1) is 0 Å². The van der Waals surface area contributed by atoms with E-state index >= 15 is 0 Å². The minimum atomic E-state index is -0.556. The second kappa shape index (κ2) is 13.2. The van der Waals surface area contributed by atoms with Crippen molar-refractivity contribution in [3.05, 3.63) is 107 Å². The number of carbonyl (C=O) groups is 2. The van der Waals surface area contributed by atoms with E-state index in [2.05, 4.69) is 43.4 Å². The summed E-state index contributed by atoms with van der Waals surface area (Å²) in [6.45, 7) is 4.79. The van der Waals surface area contributed by atoms with Crippen molar-refractivity contribution in [1.82, 2.24) is 10.2 Å². The SMILES string of the molecule is CC(C)c1ccc(CCC(=O)N(Cc2ccccc2)[C@H](Cc2ccccc2)C(=O)NC2CCCC2)cc1. The van der Waals surface area contributed by atoms with E-state index < -0.39 is 6.04 Å². The second-order valence-corrected chi connectivity index (χ2v) is 10.6. The zero-order valence-electron chi connectivity index (χ0n) is 22.2. The van der Waals surface area contributed by atoms with Crippen molar-refractivity contribution in [1.29, 1.82) is 0 Å². The van der Waals surface area contributed by atoms with Gasteiger partial charge in [0.15, 0.2) is 0 Å². The molecule has 0 saturated heterocycles. The first kappa shape index (κ1) is 26.7. The highest BCUT2D eigenvalue weighted by Gasteiger charge is 2.32. The van der Waals surface area contributed by atoms with Crippen LogP contribution in [-0.2, 0) is 29.0 Å². The molecule has 0 radical (unpaired) electrons. The van der Waals surface area contributed by atoms with E-state index in [1.807, 2.05) is 65.6 Å². The van der Waals surface area contributed by atoms with Crippen LogP contribution in [0.3, 0.4) is 0 Å². The number of nitrogens with one attached hydrogen (secondary N) is 1. The number of hydrogen-bond donors (Lipinski definition) is 1. The summed E-state index contributed by atoms with van der Waals surface area (Å²) in [5.74, 6) is 0.454. The lowest BCUT2D eigenvalue weighted by Crippen LogP contribution is -2.52. The van der Waals surface area contributed by atoms with Crippen molar-refractivity contribution in [2.45, 2.75) is 83.3 Å². The van der Waals surface area contributed by atoms with Gasteiger partial charge in [-0.3, -0.25) is 9.59 Å². The highest BCUT2D eigenvalue weighted by Crippen LogP contribution is 2.21. The highest BCUT2D eigenvalue weighted by molar-refractivity contribution is 5.88.